The Balaban J connectivity index is 0.000000402. The Morgan fingerprint density at radius 3 is 2.52 bits per heavy atom. The molecule has 2 aromatic carbocycles. The number of Topliss-reactive ketones (excluding diaryl/α,β-unsaturated/α-hetero) is 1. The molecule has 0 saturated heterocycles. The number of ketones is 1. The number of anilines is 1. The number of hydrogen-bond donors (Lipinski definition) is 4. The van der Waals surface area contributed by atoms with Crippen molar-refractivity contribution in [2.75, 3.05) is 18.6 Å². The van der Waals surface area contributed by atoms with Crippen LogP contribution in [0.25, 0.3) is 0 Å². The molecule has 1 amide bonds. The number of nitrogens with two attached hydrogens (primary N) is 1. The number of allylic oxidation sites excluding steroid dienone is 1. The van der Waals surface area contributed by atoms with Gasteiger partial charge in [0.2, 0.25) is 0 Å². The molecule has 0 atom stereocenters. The molecule has 46 heavy (non-hydrogen) atoms. The predicted octanol–water partition coefficient (Wildman–Crippen LogP) is 5.37. The van der Waals surface area contributed by atoms with Crippen molar-refractivity contribution >= 4 is 33.9 Å². The summed E-state index contributed by atoms with van der Waals surface area (Å²) in [5, 5.41) is 3.00. The summed E-state index contributed by atoms with van der Waals surface area (Å²) in [5.41, 5.74) is 5.96. The fourth-order valence-corrected chi connectivity index (χ4v) is 5.77. The lowest BCUT2D eigenvalue weighted by Gasteiger charge is -2.25. The molecule has 4 rings (SSSR count). The summed E-state index contributed by atoms with van der Waals surface area (Å²) < 4.78 is 36.0. The number of pyridine rings is 1. The van der Waals surface area contributed by atoms with Gasteiger partial charge in [-0.05, 0) is 79.8 Å². The monoisotopic (exact) mass is 650 g/mol. The number of aldehydes is 1. The summed E-state index contributed by atoms with van der Waals surface area (Å²) in [6, 6.07) is 12.6. The van der Waals surface area contributed by atoms with Gasteiger partial charge in [0.1, 0.15) is 16.5 Å². The van der Waals surface area contributed by atoms with Gasteiger partial charge in [-0.3, -0.25) is 18.9 Å². The van der Waals surface area contributed by atoms with Gasteiger partial charge in [0.25, 0.3) is 16.0 Å². The van der Waals surface area contributed by atoms with Gasteiger partial charge < -0.3 is 15.5 Å². The van der Waals surface area contributed by atoms with Gasteiger partial charge in [0.05, 0.1) is 12.2 Å². The van der Waals surface area contributed by atoms with Crippen molar-refractivity contribution < 1.29 is 32.1 Å². The van der Waals surface area contributed by atoms with Gasteiger partial charge in [-0.15, -0.1) is 6.58 Å². The number of benzene rings is 2. The highest BCUT2D eigenvalue weighted by atomic mass is 32.2. The molecule has 1 aliphatic rings. The van der Waals surface area contributed by atoms with E-state index < -0.39 is 10.1 Å². The molecular formula is C34H42N4O7S. The summed E-state index contributed by atoms with van der Waals surface area (Å²) in [6.45, 7) is 9.37. The Hall–Kier alpha value is -4.39. The van der Waals surface area contributed by atoms with Crippen LogP contribution in [0.15, 0.2) is 72.3 Å². The Bertz CT molecular complexity index is 1640. The second-order valence-electron chi connectivity index (χ2n) is 11.7. The number of amides is 1. The third-order valence-electron chi connectivity index (χ3n) is 7.60. The summed E-state index contributed by atoms with van der Waals surface area (Å²) in [4.78, 5) is 38.6. The second-order valence-corrected chi connectivity index (χ2v) is 13.1. The first-order valence-electron chi connectivity index (χ1n) is 15.0. The van der Waals surface area contributed by atoms with Gasteiger partial charge >= 0.3 is 0 Å². The van der Waals surface area contributed by atoms with E-state index in [9.17, 15) is 22.8 Å². The van der Waals surface area contributed by atoms with Crippen LogP contribution in [0.1, 0.15) is 88.2 Å². The largest absolute Gasteiger partial charge is 0.493 e. The van der Waals surface area contributed by atoms with Crippen LogP contribution in [0.5, 0.6) is 5.75 Å². The van der Waals surface area contributed by atoms with Gasteiger partial charge in [0, 0.05) is 35.9 Å². The van der Waals surface area contributed by atoms with Crippen LogP contribution in [-0.2, 0) is 23.0 Å². The molecular weight excluding hydrogens is 608 g/mol. The first-order chi connectivity index (χ1) is 21.9. The SMILES string of the molecule is C=CCc1c(OCCCCC(C)(C)CNC(=O)c2ccc(NN)nc2)ccc2c1CCCC2=O.O=Cc1ccccc1S(=O)(=O)O. The summed E-state index contributed by atoms with van der Waals surface area (Å²) in [7, 11) is -4.28. The predicted molar refractivity (Wildman–Crippen MR) is 177 cm³/mol. The summed E-state index contributed by atoms with van der Waals surface area (Å²) in [6.07, 6.45) is 9.78. The van der Waals surface area contributed by atoms with Crippen LogP contribution in [0.4, 0.5) is 5.82 Å². The second kappa shape index (κ2) is 16.8. The van der Waals surface area contributed by atoms with E-state index in [1.807, 2.05) is 18.2 Å². The number of aromatic nitrogens is 1. The molecule has 3 aromatic rings. The minimum absolute atomic E-state index is 0.0397. The molecule has 0 aliphatic heterocycles. The topological polar surface area (TPSA) is 178 Å². The number of fused-ring (bicyclic) bond motifs is 1. The number of carbonyl (C=O) groups excluding carboxylic acids is 3. The lowest BCUT2D eigenvalue weighted by Crippen LogP contribution is -2.34. The molecule has 11 nitrogen and oxygen atoms in total. The van der Waals surface area contributed by atoms with E-state index in [1.165, 1.54) is 30.5 Å². The molecule has 1 heterocycles. The number of ether oxygens (including phenoxy) is 1. The van der Waals surface area contributed by atoms with Crippen LogP contribution in [0.3, 0.4) is 0 Å². The van der Waals surface area contributed by atoms with Crippen molar-refractivity contribution in [2.45, 2.75) is 63.7 Å². The van der Waals surface area contributed by atoms with E-state index in [2.05, 4.69) is 36.2 Å². The third kappa shape index (κ3) is 10.3. The normalized spacial score (nSPS) is 12.7. The number of rotatable bonds is 14. The van der Waals surface area contributed by atoms with Crippen LogP contribution in [-0.4, -0.2) is 49.1 Å². The third-order valence-corrected chi connectivity index (χ3v) is 8.53. The van der Waals surface area contributed by atoms with Gasteiger partial charge in [-0.25, -0.2) is 10.8 Å². The Kier molecular flexibility index (Phi) is 13.2. The first-order valence-corrected chi connectivity index (χ1v) is 16.5. The van der Waals surface area contributed by atoms with Crippen LogP contribution < -0.4 is 21.3 Å². The Morgan fingerprint density at radius 1 is 1.13 bits per heavy atom. The summed E-state index contributed by atoms with van der Waals surface area (Å²) >= 11 is 0. The molecule has 5 N–H and O–H groups in total. The van der Waals surface area contributed by atoms with Gasteiger partial charge in [-0.1, -0.05) is 38.1 Å². The van der Waals surface area contributed by atoms with E-state index >= 15 is 0 Å². The number of hydrazine groups is 1. The van der Waals surface area contributed by atoms with E-state index in [0.717, 1.165) is 54.5 Å². The number of nitrogens with zero attached hydrogens (tertiary/aromatic N) is 1. The quantitative estimate of drug-likeness (QED) is 0.0443. The highest BCUT2D eigenvalue weighted by molar-refractivity contribution is 7.86. The number of unbranched alkanes of at least 4 members (excludes halogenated alkanes) is 1. The minimum atomic E-state index is -4.28. The zero-order valence-electron chi connectivity index (χ0n) is 26.3. The number of carbonyl (C=O) groups is 3. The molecule has 1 aliphatic carbocycles. The zero-order valence-corrected chi connectivity index (χ0v) is 27.1. The van der Waals surface area contributed by atoms with Gasteiger partial charge in [-0.2, -0.15) is 8.42 Å². The molecule has 0 fully saturated rings. The molecule has 12 heteroatoms. The van der Waals surface area contributed by atoms with Crippen molar-refractivity contribution in [2.24, 2.45) is 11.3 Å². The molecule has 0 unspecified atom stereocenters. The average Bonchev–Trinajstić information content (AvgIpc) is 3.04. The molecule has 1 aromatic heterocycles. The average molecular weight is 651 g/mol. The lowest BCUT2D eigenvalue weighted by atomic mass is 9.86. The fourth-order valence-electron chi connectivity index (χ4n) is 5.11. The van der Waals surface area contributed by atoms with E-state index in [4.69, 9.17) is 15.1 Å². The van der Waals surface area contributed by atoms with Crippen molar-refractivity contribution in [3.8, 4) is 5.75 Å². The minimum Gasteiger partial charge on any atom is -0.493 e. The van der Waals surface area contributed by atoms with Crippen molar-refractivity contribution in [3.63, 3.8) is 0 Å². The molecule has 0 bridgehead atoms. The highest BCUT2D eigenvalue weighted by Crippen LogP contribution is 2.32. The van der Waals surface area contributed by atoms with Crippen molar-refractivity contribution in [1.29, 1.82) is 0 Å². The molecule has 246 valence electrons. The molecule has 0 radical (unpaired) electrons. The van der Waals surface area contributed by atoms with Crippen LogP contribution >= 0.6 is 0 Å². The van der Waals surface area contributed by atoms with Crippen molar-refractivity contribution in [3.05, 3.63) is 95.2 Å². The molecule has 0 saturated carbocycles. The lowest BCUT2D eigenvalue weighted by molar-refractivity contribution is 0.0931. The number of nitrogen functional groups attached to an aromatic ring is 1. The van der Waals surface area contributed by atoms with E-state index in [1.54, 1.807) is 12.1 Å². The first kappa shape index (κ1) is 36.1. The standard InChI is InChI=1S/C27H36N4O3.C7H6O4S/c1-4-8-22-20-9-7-10-23(32)21(20)12-13-24(22)34-16-6-5-15-27(2,3)18-30-26(33)19-11-14-25(31-28)29-17-19;8-5-6-3-1-2-4-7(6)12(9,10)11/h4,11-14,17H,1,5-10,15-16,18,28H2,2-3H3,(H,29,31)(H,30,33);1-5H,(H,9,10,11). The van der Waals surface area contributed by atoms with E-state index in [-0.39, 0.29) is 27.6 Å². The van der Waals surface area contributed by atoms with Gasteiger partial charge in [0.15, 0.2) is 12.1 Å². The smallest absolute Gasteiger partial charge is 0.295 e. The maximum atomic E-state index is 12.4. The summed E-state index contributed by atoms with van der Waals surface area (Å²) in [5.74, 6) is 6.77. The number of nitrogens with one attached hydrogen (secondary N) is 2. The maximum absolute atomic E-state index is 12.4. The van der Waals surface area contributed by atoms with Crippen LogP contribution in [0.2, 0.25) is 0 Å². The molecule has 0 spiro atoms. The Morgan fingerprint density at radius 2 is 1.89 bits per heavy atom. The van der Waals surface area contributed by atoms with Crippen molar-refractivity contribution in [1.82, 2.24) is 10.3 Å². The van der Waals surface area contributed by atoms with Crippen LogP contribution in [0, 0.1) is 5.41 Å². The maximum Gasteiger partial charge on any atom is 0.295 e. The highest BCUT2D eigenvalue weighted by Gasteiger charge is 2.22. The fraction of sp³-hybridized carbons (Fsp3) is 0.353. The Labute approximate surface area is 270 Å². The zero-order chi connectivity index (χ0) is 33.7. The number of hydrogen-bond acceptors (Lipinski definition) is 9. The van der Waals surface area contributed by atoms with E-state index in [0.29, 0.717) is 43.7 Å².